The van der Waals surface area contributed by atoms with E-state index in [9.17, 15) is 92.5 Å². The number of ether oxygens (including phenoxy) is 6. The average Bonchev–Trinajstić information content (AvgIpc) is 1.67. The van der Waals surface area contributed by atoms with Crippen LogP contribution in [0.3, 0.4) is 0 Å². The molecule has 16 rings (SSSR count). The summed E-state index contributed by atoms with van der Waals surface area (Å²) in [6.07, 6.45) is 14.0. The predicted molar refractivity (Wildman–Crippen MR) is 484 cm³/mol. The van der Waals surface area contributed by atoms with Crippen LogP contribution in [0, 0.1) is 185 Å². The van der Waals surface area contributed by atoms with Crippen molar-refractivity contribution in [3.63, 3.8) is 0 Å². The molecule has 0 saturated heterocycles. The minimum atomic E-state index is -4.35. The first-order chi connectivity index (χ1) is 61.7. The molecular formula is C104H165NO25S. The van der Waals surface area contributed by atoms with Gasteiger partial charge in [0.2, 0.25) is 5.91 Å². The van der Waals surface area contributed by atoms with Gasteiger partial charge in [0.25, 0.3) is 10.1 Å². The predicted octanol–water partition coefficient (Wildman–Crippen LogP) is 12.8. The standard InChI is InChI=1S/C104H165NO25S/c1-54(13-25-86(115)105-37-38-131(122,123)124)69-20-24-73-96-77(50-85(104(69,73)12)130-92(121)53-127-89(118)28-16-57(4)68-19-23-72-95-76(49-84(114)103(68,72)11)99(7)35-31-64(108)41-60(99)45-80(95)111)100(8)36-32-65(128-90(119)51-125-87(116)26-14-55(2)66-17-21-70-93-74(47-82(112)101(66,70)9)97(5)33-29-62(106)39-58(97)43-78(93)109)42-61(100)46-81(96)129-91(120)52-126-88(117)27-15-56(3)67-18-22-71-94-75(48-83(113)102(67,71)10)98(6)34-30-63(107)40-59(98)44-79(94)110/h54-85,93-96,106-114H,13-53H2,1-12H3,(H,105,115)(H,122,123,124)/t54-,55-,56-,57-,58+,59+,60+,61+,62-,63-,64-,65-,66-,67-,68-,69-,70+,71+,72+,73+,74+,75+,76+,77+,78-,79-,80-,81-,82+,83+,84+,85+,93+,94+,95+,96+,97+,98+,99+,100+,101-,102-,103-,104-/m1/s1. The number of aliphatic hydroxyl groups excluding tert-OH is 9. The van der Waals surface area contributed by atoms with Gasteiger partial charge in [-0.2, -0.15) is 8.42 Å². The summed E-state index contributed by atoms with van der Waals surface area (Å²) in [5, 5.41) is 108. The topological polar surface area (TPSA) is 423 Å². The fraction of sp³-hybridized carbons (Fsp3) is 0.933. The van der Waals surface area contributed by atoms with Gasteiger partial charge in [-0.1, -0.05) is 83.1 Å². The van der Waals surface area contributed by atoms with Crippen LogP contribution in [0.4, 0.5) is 0 Å². The van der Waals surface area contributed by atoms with Gasteiger partial charge in [0.15, 0.2) is 19.8 Å². The highest BCUT2D eigenvalue weighted by Crippen LogP contribution is 2.75. The van der Waals surface area contributed by atoms with E-state index in [0.717, 1.165) is 77.0 Å². The molecule has 131 heavy (non-hydrogen) atoms. The van der Waals surface area contributed by atoms with Crippen molar-refractivity contribution in [1.82, 2.24) is 5.32 Å². The van der Waals surface area contributed by atoms with Crippen molar-refractivity contribution in [3.05, 3.63) is 0 Å². The summed E-state index contributed by atoms with van der Waals surface area (Å²) in [4.78, 5) is 99.3. The number of esters is 6. The molecule has 0 aromatic rings. The van der Waals surface area contributed by atoms with E-state index in [4.69, 9.17) is 28.4 Å². The van der Waals surface area contributed by atoms with E-state index in [-0.39, 0.29) is 215 Å². The largest absolute Gasteiger partial charge is 0.460 e. The quantitative estimate of drug-likeness (QED) is 0.0197. The zero-order valence-electron chi connectivity index (χ0n) is 80.8. The Hall–Kier alpha value is -4.16. The maximum absolute atomic E-state index is 14.9. The number of hydrogen-bond donors (Lipinski definition) is 11. The molecule has 16 saturated carbocycles. The molecule has 44 atom stereocenters. The first-order valence-electron chi connectivity index (χ1n) is 52.1. The van der Waals surface area contributed by atoms with E-state index in [1.807, 2.05) is 6.92 Å². The normalized spacial score (nSPS) is 48.5. The van der Waals surface area contributed by atoms with Crippen LogP contribution in [-0.4, -0.2) is 206 Å². The number of aliphatic hydroxyl groups is 9. The van der Waals surface area contributed by atoms with E-state index in [2.05, 4.69) is 81.5 Å². The molecule has 0 bridgehead atoms. The second-order valence-electron chi connectivity index (χ2n) is 49.2. The molecule has 0 aromatic carbocycles. The van der Waals surface area contributed by atoms with E-state index in [1.165, 1.54) is 0 Å². The third-order valence-corrected chi connectivity index (χ3v) is 44.6. The molecule has 16 aliphatic rings. The van der Waals surface area contributed by atoms with E-state index in [0.29, 0.717) is 122 Å². The number of carbonyl (C=O) groups is 7. The smallest absolute Gasteiger partial charge is 0.344 e. The van der Waals surface area contributed by atoms with E-state index >= 15 is 0 Å². The van der Waals surface area contributed by atoms with Gasteiger partial charge in [0, 0.05) is 43.6 Å². The molecular weight excluding hydrogens is 1700 g/mol. The van der Waals surface area contributed by atoms with Gasteiger partial charge < -0.3 is 79.7 Å². The van der Waals surface area contributed by atoms with Crippen LogP contribution in [0.1, 0.15) is 314 Å². The van der Waals surface area contributed by atoms with Gasteiger partial charge in [-0.25, -0.2) is 14.4 Å². The summed E-state index contributed by atoms with van der Waals surface area (Å²) in [6, 6.07) is 0. The van der Waals surface area contributed by atoms with Crippen LogP contribution in [0.25, 0.3) is 0 Å². The van der Waals surface area contributed by atoms with Crippen LogP contribution in [0.15, 0.2) is 0 Å². The summed E-state index contributed by atoms with van der Waals surface area (Å²) < 4.78 is 70.1. The first kappa shape index (κ1) is 99.8. The van der Waals surface area contributed by atoms with Crippen LogP contribution >= 0.6 is 0 Å². The summed E-state index contributed by atoms with van der Waals surface area (Å²) in [7, 11) is -4.35. The Labute approximate surface area is 778 Å². The molecule has 0 radical (unpaired) electrons. The molecule has 26 nitrogen and oxygen atoms in total. The highest BCUT2D eigenvalue weighted by atomic mass is 32.2. The van der Waals surface area contributed by atoms with Crippen molar-refractivity contribution < 1.29 is 121 Å². The molecule has 0 heterocycles. The first-order valence-corrected chi connectivity index (χ1v) is 53.7. The fourth-order valence-electron chi connectivity index (χ4n) is 36.7. The monoisotopic (exact) mass is 1860 g/mol. The third kappa shape index (κ3) is 18.2. The van der Waals surface area contributed by atoms with Crippen LogP contribution in [-0.2, 0) is 72.1 Å². The van der Waals surface area contributed by atoms with Crippen molar-refractivity contribution in [2.45, 2.75) is 387 Å². The Balaban J connectivity index is 0.590. The molecule has 1 amide bonds. The Bertz CT molecular complexity index is 4250. The number of nitrogens with one attached hydrogen (secondary N) is 1. The maximum Gasteiger partial charge on any atom is 0.344 e. The lowest BCUT2D eigenvalue weighted by Crippen LogP contribution is -2.63. The lowest BCUT2D eigenvalue weighted by Gasteiger charge is -2.64. The second kappa shape index (κ2) is 38.1. The highest BCUT2D eigenvalue weighted by molar-refractivity contribution is 7.85. The van der Waals surface area contributed by atoms with Crippen LogP contribution in [0.2, 0.25) is 0 Å². The Morgan fingerprint density at radius 1 is 0.344 bits per heavy atom. The zero-order chi connectivity index (χ0) is 94.3. The number of rotatable bonds is 28. The molecule has 16 fully saturated rings. The van der Waals surface area contributed by atoms with E-state index in [1.54, 1.807) is 0 Å². The Kier molecular flexibility index (Phi) is 29.0. The van der Waals surface area contributed by atoms with Gasteiger partial charge in [-0.3, -0.25) is 23.7 Å². The van der Waals surface area contributed by atoms with E-state index < -0.39 is 159 Å². The van der Waals surface area contributed by atoms with Crippen molar-refractivity contribution in [1.29, 1.82) is 0 Å². The number of fused-ring (bicyclic) bond motifs is 20. The molecule has 16 aliphatic carbocycles. The summed E-state index contributed by atoms with van der Waals surface area (Å²) in [5.74, 6) is -4.92. The number of carbonyl (C=O) groups excluding carboxylic acids is 7. The molecule has 0 aromatic heterocycles. The maximum atomic E-state index is 14.9. The summed E-state index contributed by atoms with van der Waals surface area (Å²) in [5.41, 5.74) is -3.07. The van der Waals surface area contributed by atoms with Crippen molar-refractivity contribution in [3.8, 4) is 0 Å². The molecule has 0 spiro atoms. The van der Waals surface area contributed by atoms with Gasteiger partial charge in [0.05, 0.1) is 60.7 Å². The van der Waals surface area contributed by atoms with Crippen molar-refractivity contribution in [2.24, 2.45) is 185 Å². The van der Waals surface area contributed by atoms with Gasteiger partial charge in [0.1, 0.15) is 18.3 Å². The van der Waals surface area contributed by atoms with Gasteiger partial charge in [-0.05, 0) is 379 Å². The van der Waals surface area contributed by atoms with Crippen LogP contribution < -0.4 is 5.32 Å². The molecule has 27 heteroatoms. The SMILES string of the molecule is C[C@H](CCC(=O)OCC(=O)O[C@@H]1CC[C@@]2(C)[C@@H](C1)C[C@@H](OC(=O)COC(=O)CC[C@@H](C)[C@H]1CC[C@H]3[C@@H]4[C@H](O)C[C@@H]5C[C@H](O)CC[C@]5(C)[C@H]4C[C@H](O)[C@]13C)[C@@H]1[C@@H]2C[C@H](OC(=O)COC(=O)CC[C@@H](C)[C@H]2CC[C@H]3[C@@H]4[C@H](O)C[C@@H]5C[C@H](O)CC[C@]5(C)[C@H]4C[C@H](O)[C@]23C)[C@]2(C)[C@@H]([C@H](C)CCC(=O)NCCS(=O)(=O)O)CC[C@@H]12)[C@H]1CC[C@H]2[C@@H]3[C@H](O)C[C@@H]4C[C@H](O)CC[C@]4(C)[C@H]3C[C@H](O)[C@]12C. The average molecular weight is 1860 g/mol. The number of amides is 1. The number of hydrogen-bond acceptors (Lipinski definition) is 24. The van der Waals surface area contributed by atoms with Gasteiger partial charge in [-0.15, -0.1) is 0 Å². The third-order valence-electron chi connectivity index (χ3n) is 43.8. The molecule has 742 valence electrons. The molecule has 0 aliphatic heterocycles. The lowest BCUT2D eigenvalue weighted by atomic mass is 9.43. The zero-order valence-corrected chi connectivity index (χ0v) is 81.6. The molecule has 0 unspecified atom stereocenters. The molecule has 11 N–H and O–H groups in total. The Morgan fingerprint density at radius 3 is 1.04 bits per heavy atom. The van der Waals surface area contributed by atoms with Crippen molar-refractivity contribution >= 4 is 51.8 Å². The fourth-order valence-corrected chi connectivity index (χ4v) is 37.1. The van der Waals surface area contributed by atoms with Crippen LogP contribution in [0.5, 0.6) is 0 Å². The summed E-state index contributed by atoms with van der Waals surface area (Å²) >= 11 is 0. The second-order valence-corrected chi connectivity index (χ2v) is 50.7. The summed E-state index contributed by atoms with van der Waals surface area (Å²) in [6.45, 7) is 24.0. The van der Waals surface area contributed by atoms with Crippen molar-refractivity contribution in [2.75, 3.05) is 32.1 Å². The minimum Gasteiger partial charge on any atom is -0.460 e. The minimum absolute atomic E-state index is 0.0106. The van der Waals surface area contributed by atoms with Gasteiger partial charge >= 0.3 is 35.8 Å². The highest BCUT2D eigenvalue weighted by Gasteiger charge is 2.73. The lowest BCUT2D eigenvalue weighted by molar-refractivity contribution is -0.228. The Morgan fingerprint density at radius 2 is 0.664 bits per heavy atom.